The van der Waals surface area contributed by atoms with Crippen molar-refractivity contribution in [3.8, 4) is 0 Å². The molecule has 0 aliphatic carbocycles. The van der Waals surface area contributed by atoms with Gasteiger partial charge in [-0.15, -0.1) is 0 Å². The Morgan fingerprint density at radius 1 is 0.786 bits per heavy atom. The zero-order valence-corrected chi connectivity index (χ0v) is 10.8. The fourth-order valence-electron chi connectivity index (χ4n) is 0. The average molecular weight is 276 g/mol. The van der Waals surface area contributed by atoms with Gasteiger partial charge in [-0.05, 0) is 0 Å². The van der Waals surface area contributed by atoms with Crippen LogP contribution < -0.4 is 24.8 Å². The van der Waals surface area contributed by atoms with E-state index in [1.54, 1.807) is 14.1 Å². The molecule has 0 saturated heterocycles. The van der Waals surface area contributed by atoms with Crippen molar-refractivity contribution in [2.75, 3.05) is 14.1 Å². The van der Waals surface area contributed by atoms with E-state index in [1.807, 2.05) is 0 Å². The molecular weight excluding hydrogens is 257 g/mol. The number of rotatable bonds is 1. The monoisotopic (exact) mass is 275 g/mol. The molecule has 0 aliphatic heterocycles. The van der Waals surface area contributed by atoms with E-state index in [1.165, 1.54) is 4.90 Å². The van der Waals surface area contributed by atoms with Crippen LogP contribution in [-0.2, 0) is 4.79 Å². The van der Waals surface area contributed by atoms with Crippen LogP contribution in [0.2, 0.25) is 0 Å². The van der Waals surface area contributed by atoms with Gasteiger partial charge in [0.15, 0.2) is 0 Å². The van der Waals surface area contributed by atoms with Crippen LogP contribution in [0.3, 0.4) is 0 Å². The van der Waals surface area contributed by atoms with Gasteiger partial charge in [0.25, 0.3) is 0 Å². The second kappa shape index (κ2) is 103. The SMILES string of the molecule is CN(C)C=O.O.O.O.O.O.O.[Cl-].[Cl-].[Mg+2]. The summed E-state index contributed by atoms with van der Waals surface area (Å²) < 4.78 is 0. The summed E-state index contributed by atoms with van der Waals surface area (Å²) in [6, 6.07) is 0. The Morgan fingerprint density at radius 3 is 0.857 bits per heavy atom. The van der Waals surface area contributed by atoms with Crippen LogP contribution in [-0.4, -0.2) is 81.3 Å². The molecule has 0 fully saturated rings. The van der Waals surface area contributed by atoms with Gasteiger partial charge < -0.3 is 62.6 Å². The molecule has 0 aromatic heterocycles. The van der Waals surface area contributed by atoms with Gasteiger partial charge in [0.05, 0.1) is 0 Å². The fourth-order valence-corrected chi connectivity index (χ4v) is 0. The molecule has 0 bridgehead atoms. The Kier molecular flexibility index (Phi) is 940. The van der Waals surface area contributed by atoms with Gasteiger partial charge >= 0.3 is 23.1 Å². The molecule has 0 heterocycles. The maximum atomic E-state index is 9.43. The summed E-state index contributed by atoms with van der Waals surface area (Å²) in [4.78, 5) is 10.9. The normalized spacial score (nSPS) is 2.43. The van der Waals surface area contributed by atoms with Crippen LogP contribution in [0.25, 0.3) is 0 Å². The van der Waals surface area contributed by atoms with E-state index in [9.17, 15) is 4.79 Å². The van der Waals surface area contributed by atoms with E-state index in [2.05, 4.69) is 0 Å². The molecule has 94 valence electrons. The third kappa shape index (κ3) is 254. The zero-order valence-electron chi connectivity index (χ0n) is 7.90. The van der Waals surface area contributed by atoms with Gasteiger partial charge in [-0.3, -0.25) is 4.79 Å². The predicted molar refractivity (Wildman–Crippen MR) is 47.2 cm³/mol. The van der Waals surface area contributed by atoms with Crippen molar-refractivity contribution in [3.63, 3.8) is 0 Å². The molecule has 0 aliphatic rings. The summed E-state index contributed by atoms with van der Waals surface area (Å²) in [6.45, 7) is 0. The van der Waals surface area contributed by atoms with Crippen molar-refractivity contribution in [1.29, 1.82) is 0 Å². The van der Waals surface area contributed by atoms with Crippen LogP contribution in [0.5, 0.6) is 0 Å². The molecule has 0 spiro atoms. The number of amides is 1. The third-order valence-corrected chi connectivity index (χ3v) is 0.211. The Labute approximate surface area is 111 Å². The Hall–Kier alpha value is 0.576. The molecule has 0 aromatic rings. The number of hydrogen-bond donors (Lipinski definition) is 0. The van der Waals surface area contributed by atoms with E-state index < -0.39 is 0 Å². The van der Waals surface area contributed by atoms with Crippen molar-refractivity contribution < 1.29 is 62.5 Å². The van der Waals surface area contributed by atoms with Gasteiger partial charge in [0.1, 0.15) is 0 Å². The summed E-state index contributed by atoms with van der Waals surface area (Å²) in [7, 11) is 3.38. The van der Waals surface area contributed by atoms with Crippen molar-refractivity contribution in [2.24, 2.45) is 0 Å². The second-order valence-electron chi connectivity index (χ2n) is 1.07. The Balaban J connectivity index is -0.00000000222. The summed E-state index contributed by atoms with van der Waals surface area (Å²) in [5.74, 6) is 0. The van der Waals surface area contributed by atoms with Crippen LogP contribution in [0, 0.1) is 0 Å². The van der Waals surface area contributed by atoms with Crippen molar-refractivity contribution in [1.82, 2.24) is 4.90 Å². The second-order valence-corrected chi connectivity index (χ2v) is 1.07. The first-order valence-electron chi connectivity index (χ1n) is 1.39. The molecule has 0 unspecified atom stereocenters. The average Bonchev–Trinajstić information content (AvgIpc) is 1.38. The van der Waals surface area contributed by atoms with E-state index in [4.69, 9.17) is 0 Å². The van der Waals surface area contributed by atoms with Gasteiger partial charge in [-0.25, -0.2) is 0 Å². The predicted octanol–water partition coefficient (Wildman–Crippen LogP) is -11.6. The van der Waals surface area contributed by atoms with Crippen LogP contribution in [0.1, 0.15) is 0 Å². The topological polar surface area (TPSA) is 209 Å². The number of hydrogen-bond acceptors (Lipinski definition) is 1. The zero-order chi connectivity index (χ0) is 4.28. The minimum atomic E-state index is 0. The number of carbonyl (C=O) groups excluding carboxylic acids is 1. The minimum Gasteiger partial charge on any atom is -1.00 e. The van der Waals surface area contributed by atoms with Crippen molar-refractivity contribution >= 4 is 29.5 Å². The number of halogens is 2. The van der Waals surface area contributed by atoms with Gasteiger partial charge in [-0.1, -0.05) is 0 Å². The first-order valence-corrected chi connectivity index (χ1v) is 1.39. The quantitative estimate of drug-likeness (QED) is 0.331. The van der Waals surface area contributed by atoms with Gasteiger partial charge in [-0.2, -0.15) is 0 Å². The number of carbonyl (C=O) groups is 1. The largest absolute Gasteiger partial charge is 2.00 e. The maximum absolute atomic E-state index is 9.43. The molecule has 14 heavy (non-hydrogen) atoms. The molecular formula is C3H19Cl2MgNO7. The molecule has 8 nitrogen and oxygen atoms in total. The minimum absolute atomic E-state index is 0. The molecule has 1 amide bonds. The van der Waals surface area contributed by atoms with E-state index >= 15 is 0 Å². The van der Waals surface area contributed by atoms with Crippen LogP contribution >= 0.6 is 0 Å². The van der Waals surface area contributed by atoms with Crippen LogP contribution in [0.4, 0.5) is 0 Å². The van der Waals surface area contributed by atoms with Crippen molar-refractivity contribution in [2.45, 2.75) is 0 Å². The number of nitrogens with zero attached hydrogens (tertiary/aromatic N) is 1. The van der Waals surface area contributed by atoms with E-state index in [0.717, 1.165) is 6.41 Å². The standard InChI is InChI=1S/C3H7NO.2ClH.Mg.6H2O/c1-4(2)3-5;;;;;;;;;/h3H,1-2H3;2*1H;;6*1H2/q;;;+2;;;;;;/p-2. The van der Waals surface area contributed by atoms with E-state index in [-0.39, 0.29) is 80.7 Å². The van der Waals surface area contributed by atoms with Crippen molar-refractivity contribution in [3.05, 3.63) is 0 Å². The van der Waals surface area contributed by atoms with E-state index in [0.29, 0.717) is 0 Å². The van der Waals surface area contributed by atoms with Crippen LogP contribution in [0.15, 0.2) is 0 Å². The van der Waals surface area contributed by atoms with Gasteiger partial charge in [0.2, 0.25) is 6.41 Å². The Morgan fingerprint density at radius 2 is 0.857 bits per heavy atom. The first-order chi connectivity index (χ1) is 2.27. The Bertz CT molecular complexity index is 53.9. The smallest absolute Gasteiger partial charge is 1.00 e. The molecule has 0 rings (SSSR count). The summed E-state index contributed by atoms with van der Waals surface area (Å²) in [5.41, 5.74) is 0. The molecule has 12 N–H and O–H groups in total. The first kappa shape index (κ1) is 128. The molecule has 0 aromatic carbocycles. The molecule has 0 atom stereocenters. The summed E-state index contributed by atoms with van der Waals surface area (Å²) in [6.07, 6.45) is 0.750. The molecule has 0 saturated carbocycles. The summed E-state index contributed by atoms with van der Waals surface area (Å²) in [5, 5.41) is 0. The summed E-state index contributed by atoms with van der Waals surface area (Å²) >= 11 is 0. The molecule has 11 heteroatoms. The van der Waals surface area contributed by atoms with Gasteiger partial charge in [0, 0.05) is 14.1 Å². The maximum Gasteiger partial charge on any atom is 2.00 e. The third-order valence-electron chi connectivity index (χ3n) is 0.211. The fraction of sp³-hybridized carbons (Fsp3) is 0.667. The molecule has 0 radical (unpaired) electrons.